The van der Waals surface area contributed by atoms with Crippen LogP contribution in [0.25, 0.3) is 10.7 Å². The number of aryl methyl sites for hydroxylation is 1. The van der Waals surface area contributed by atoms with E-state index in [1.54, 1.807) is 18.2 Å². The molecule has 1 amide bonds. The molecule has 31 heavy (non-hydrogen) atoms. The van der Waals surface area contributed by atoms with E-state index >= 15 is 0 Å². The Morgan fingerprint density at radius 1 is 1.16 bits per heavy atom. The molecule has 0 spiro atoms. The zero-order valence-corrected chi connectivity index (χ0v) is 18.2. The summed E-state index contributed by atoms with van der Waals surface area (Å²) in [5, 5.41) is 8.73. The van der Waals surface area contributed by atoms with E-state index in [0.717, 1.165) is 4.88 Å². The minimum Gasteiger partial charge on any atom is -0.493 e. The smallest absolute Gasteiger partial charge is 0.307 e. The van der Waals surface area contributed by atoms with Crippen molar-refractivity contribution in [2.45, 2.75) is 25.3 Å². The van der Waals surface area contributed by atoms with Crippen LogP contribution in [0.2, 0.25) is 0 Å². The number of thiophene rings is 1. The Morgan fingerprint density at radius 3 is 2.65 bits per heavy atom. The monoisotopic (exact) mass is 445 g/mol. The quantitative estimate of drug-likeness (QED) is 0.474. The van der Waals surface area contributed by atoms with Crippen LogP contribution in [0, 0.1) is 0 Å². The molecule has 1 aromatic carbocycles. The fraction of sp³-hybridized carbons (Fsp3) is 0.333. The van der Waals surface area contributed by atoms with Crippen molar-refractivity contribution in [1.82, 2.24) is 15.5 Å². The van der Waals surface area contributed by atoms with Crippen LogP contribution in [0.1, 0.15) is 30.3 Å². The molecule has 10 heteroatoms. The Hall–Kier alpha value is -3.40. The first-order chi connectivity index (χ1) is 15.0. The first-order valence-electron chi connectivity index (χ1n) is 9.48. The van der Waals surface area contributed by atoms with Crippen molar-refractivity contribution in [3.8, 4) is 22.2 Å². The number of carbonyl (C=O) groups excluding carboxylic acids is 2. The van der Waals surface area contributed by atoms with Crippen molar-refractivity contribution in [3.05, 3.63) is 47.2 Å². The van der Waals surface area contributed by atoms with Crippen molar-refractivity contribution in [3.63, 3.8) is 0 Å². The Bertz CT molecular complexity index is 1020. The van der Waals surface area contributed by atoms with Crippen LogP contribution in [0.3, 0.4) is 0 Å². The SMILES string of the molecule is COC(=O)CC(NC(=O)CCc1nc(-c2cccs2)no1)c1ccc(OC)c(OC)c1. The summed E-state index contributed by atoms with van der Waals surface area (Å²) in [5.74, 6) is 1.20. The van der Waals surface area contributed by atoms with Crippen molar-refractivity contribution in [1.29, 1.82) is 0 Å². The van der Waals surface area contributed by atoms with Gasteiger partial charge in [-0.1, -0.05) is 17.3 Å². The van der Waals surface area contributed by atoms with E-state index in [-0.39, 0.29) is 25.2 Å². The standard InChI is InChI=1S/C21H23N3O6S/c1-27-15-7-6-13(11-16(15)28-2)14(12-20(26)29-3)22-18(25)8-9-19-23-21(24-30-19)17-5-4-10-31-17/h4-7,10-11,14H,8-9,12H2,1-3H3,(H,22,25). The van der Waals surface area contributed by atoms with E-state index in [1.165, 1.54) is 32.7 Å². The van der Waals surface area contributed by atoms with Crippen LogP contribution >= 0.6 is 11.3 Å². The van der Waals surface area contributed by atoms with E-state index in [2.05, 4.69) is 15.5 Å². The number of hydrogen-bond donors (Lipinski definition) is 1. The van der Waals surface area contributed by atoms with Crippen molar-refractivity contribution < 1.29 is 28.3 Å². The Morgan fingerprint density at radius 2 is 1.97 bits per heavy atom. The van der Waals surface area contributed by atoms with Gasteiger partial charge in [-0.25, -0.2) is 0 Å². The topological polar surface area (TPSA) is 113 Å². The molecule has 2 aromatic heterocycles. The summed E-state index contributed by atoms with van der Waals surface area (Å²) in [6, 6.07) is 8.41. The normalized spacial score (nSPS) is 11.6. The van der Waals surface area contributed by atoms with Gasteiger partial charge in [0.25, 0.3) is 0 Å². The molecule has 0 bridgehead atoms. The maximum atomic E-state index is 12.6. The fourth-order valence-electron chi connectivity index (χ4n) is 2.92. The van der Waals surface area contributed by atoms with Gasteiger partial charge in [0.2, 0.25) is 17.6 Å². The average Bonchev–Trinajstić information content (AvgIpc) is 3.48. The number of benzene rings is 1. The maximum absolute atomic E-state index is 12.6. The number of ether oxygens (including phenoxy) is 3. The highest BCUT2D eigenvalue weighted by Crippen LogP contribution is 2.31. The highest BCUT2D eigenvalue weighted by atomic mass is 32.1. The second-order valence-electron chi connectivity index (χ2n) is 6.50. The maximum Gasteiger partial charge on any atom is 0.307 e. The van der Waals surface area contributed by atoms with Gasteiger partial charge in [-0.3, -0.25) is 9.59 Å². The average molecular weight is 445 g/mol. The van der Waals surface area contributed by atoms with Gasteiger partial charge in [-0.15, -0.1) is 11.3 Å². The Balaban J connectivity index is 1.66. The van der Waals surface area contributed by atoms with Gasteiger partial charge in [-0.05, 0) is 29.1 Å². The highest BCUT2D eigenvalue weighted by Gasteiger charge is 2.21. The number of amides is 1. The predicted molar refractivity (Wildman–Crippen MR) is 113 cm³/mol. The molecular formula is C21H23N3O6S. The second kappa shape index (κ2) is 10.6. The number of esters is 1. The van der Waals surface area contributed by atoms with Crippen molar-refractivity contribution in [2.24, 2.45) is 0 Å². The number of aromatic nitrogens is 2. The number of nitrogens with one attached hydrogen (secondary N) is 1. The van der Waals surface area contributed by atoms with Crippen molar-refractivity contribution >= 4 is 23.2 Å². The molecule has 2 heterocycles. The van der Waals surface area contributed by atoms with Crippen LogP contribution < -0.4 is 14.8 Å². The molecular weight excluding hydrogens is 422 g/mol. The molecule has 1 unspecified atom stereocenters. The Labute approximate surface area is 183 Å². The van der Waals surface area contributed by atoms with E-state index in [4.69, 9.17) is 18.7 Å². The summed E-state index contributed by atoms with van der Waals surface area (Å²) >= 11 is 1.51. The van der Waals surface area contributed by atoms with Crippen LogP contribution in [0.5, 0.6) is 11.5 Å². The van der Waals surface area contributed by atoms with Crippen LogP contribution in [0.4, 0.5) is 0 Å². The molecule has 164 valence electrons. The molecule has 1 atom stereocenters. The zero-order chi connectivity index (χ0) is 22.2. The fourth-order valence-corrected chi connectivity index (χ4v) is 3.57. The van der Waals surface area contributed by atoms with Gasteiger partial charge in [0.1, 0.15) is 0 Å². The summed E-state index contributed by atoms with van der Waals surface area (Å²) in [7, 11) is 4.35. The predicted octanol–water partition coefficient (Wildman–Crippen LogP) is 3.17. The molecule has 3 aromatic rings. The molecule has 0 radical (unpaired) electrons. The summed E-state index contributed by atoms with van der Waals surface area (Å²) in [6.45, 7) is 0. The summed E-state index contributed by atoms with van der Waals surface area (Å²) in [5.41, 5.74) is 0.689. The van der Waals surface area contributed by atoms with Crippen LogP contribution in [-0.4, -0.2) is 43.3 Å². The number of rotatable bonds is 10. The van der Waals surface area contributed by atoms with Gasteiger partial charge in [0, 0.05) is 12.8 Å². The van der Waals surface area contributed by atoms with Crippen molar-refractivity contribution in [2.75, 3.05) is 21.3 Å². The number of hydrogen-bond acceptors (Lipinski definition) is 9. The zero-order valence-electron chi connectivity index (χ0n) is 17.4. The first-order valence-corrected chi connectivity index (χ1v) is 10.4. The molecule has 0 aliphatic rings. The Kier molecular flexibility index (Phi) is 7.60. The minimum absolute atomic E-state index is 0.0270. The number of carbonyl (C=O) groups is 2. The molecule has 0 saturated heterocycles. The van der Waals surface area contributed by atoms with Crippen LogP contribution in [-0.2, 0) is 20.7 Å². The van der Waals surface area contributed by atoms with E-state index in [0.29, 0.717) is 28.8 Å². The summed E-state index contributed by atoms with van der Waals surface area (Å²) in [4.78, 5) is 29.7. The molecule has 0 saturated carbocycles. The van der Waals surface area contributed by atoms with Gasteiger partial charge in [0.15, 0.2) is 11.5 Å². The van der Waals surface area contributed by atoms with Gasteiger partial charge in [0.05, 0.1) is 38.7 Å². The number of nitrogens with zero attached hydrogens (tertiary/aromatic N) is 2. The third-order valence-electron chi connectivity index (χ3n) is 4.52. The highest BCUT2D eigenvalue weighted by molar-refractivity contribution is 7.13. The molecule has 9 nitrogen and oxygen atoms in total. The third kappa shape index (κ3) is 5.82. The largest absolute Gasteiger partial charge is 0.493 e. The molecule has 0 aliphatic carbocycles. The lowest BCUT2D eigenvalue weighted by atomic mass is 10.0. The van der Waals surface area contributed by atoms with E-state index < -0.39 is 12.0 Å². The van der Waals surface area contributed by atoms with Gasteiger partial charge < -0.3 is 24.1 Å². The lowest BCUT2D eigenvalue weighted by Gasteiger charge is -2.19. The third-order valence-corrected chi connectivity index (χ3v) is 5.39. The van der Waals surface area contributed by atoms with Gasteiger partial charge in [-0.2, -0.15) is 4.98 Å². The minimum atomic E-state index is -0.593. The van der Waals surface area contributed by atoms with E-state index in [1.807, 2.05) is 17.5 Å². The lowest BCUT2D eigenvalue weighted by molar-refractivity contribution is -0.141. The van der Waals surface area contributed by atoms with Crippen LogP contribution in [0.15, 0.2) is 40.2 Å². The first kappa shape index (κ1) is 22.3. The van der Waals surface area contributed by atoms with Gasteiger partial charge >= 0.3 is 5.97 Å². The number of methoxy groups -OCH3 is 3. The molecule has 1 N–H and O–H groups in total. The molecule has 3 rings (SSSR count). The molecule has 0 fully saturated rings. The van der Waals surface area contributed by atoms with E-state index in [9.17, 15) is 9.59 Å². The summed E-state index contributed by atoms with van der Waals surface area (Å²) in [6.07, 6.45) is 0.374. The molecule has 0 aliphatic heterocycles. The second-order valence-corrected chi connectivity index (χ2v) is 7.45. The summed E-state index contributed by atoms with van der Waals surface area (Å²) < 4.78 is 20.6. The lowest BCUT2D eigenvalue weighted by Crippen LogP contribution is -2.30.